The van der Waals surface area contributed by atoms with E-state index in [1.165, 1.54) is 12.1 Å². The summed E-state index contributed by atoms with van der Waals surface area (Å²) in [5.74, 6) is 0.448. The van der Waals surface area contributed by atoms with Crippen molar-refractivity contribution < 1.29 is 17.4 Å². The van der Waals surface area contributed by atoms with Crippen molar-refractivity contribution in [1.82, 2.24) is 5.32 Å². The Bertz CT molecular complexity index is 841. The molecule has 2 aromatic rings. The monoisotopic (exact) mass is 363 g/mol. The highest BCUT2D eigenvalue weighted by molar-refractivity contribution is 7.85. The Morgan fingerprint density at radius 2 is 1.68 bits per heavy atom. The van der Waals surface area contributed by atoms with Crippen LogP contribution in [0.15, 0.2) is 53.4 Å². The average Bonchev–Trinajstić information content (AvgIpc) is 2.48. The second kappa shape index (κ2) is 8.38. The lowest BCUT2D eigenvalue weighted by atomic mass is 10.0. The van der Waals surface area contributed by atoms with Crippen LogP contribution in [0.2, 0.25) is 0 Å². The average molecular weight is 363 g/mol. The summed E-state index contributed by atoms with van der Waals surface area (Å²) in [5, 5.41) is 3.18. The van der Waals surface area contributed by atoms with E-state index in [2.05, 4.69) is 11.4 Å². The molecule has 0 spiro atoms. The van der Waals surface area contributed by atoms with Gasteiger partial charge in [-0.2, -0.15) is 8.42 Å². The number of hydrogen-bond acceptors (Lipinski definition) is 3. The van der Waals surface area contributed by atoms with Crippen molar-refractivity contribution in [3.63, 3.8) is 0 Å². The van der Waals surface area contributed by atoms with Gasteiger partial charge in [-0.05, 0) is 37.6 Å². The summed E-state index contributed by atoms with van der Waals surface area (Å²) in [6.45, 7) is 5.77. The van der Waals surface area contributed by atoms with Crippen LogP contribution in [0.4, 0.5) is 4.39 Å². The predicted octanol–water partition coefficient (Wildman–Crippen LogP) is 3.61. The minimum Gasteiger partial charge on any atom is -0.315 e. The fourth-order valence-corrected chi connectivity index (χ4v) is 2.64. The first-order valence-corrected chi connectivity index (χ1v) is 9.39. The van der Waals surface area contributed by atoms with Crippen LogP contribution in [-0.4, -0.2) is 26.1 Å². The maximum Gasteiger partial charge on any atom is 0.294 e. The Morgan fingerprint density at radius 1 is 1.08 bits per heavy atom. The molecule has 0 aliphatic carbocycles. The summed E-state index contributed by atoms with van der Waals surface area (Å²) in [5.41, 5.74) is 2.60. The van der Waals surface area contributed by atoms with Crippen molar-refractivity contribution in [3.05, 3.63) is 71.0 Å². The van der Waals surface area contributed by atoms with Crippen LogP contribution in [0.5, 0.6) is 0 Å². The molecule has 25 heavy (non-hydrogen) atoms. The molecule has 2 aromatic carbocycles. The molecule has 0 radical (unpaired) electrons. The summed E-state index contributed by atoms with van der Waals surface area (Å²) in [4.78, 5) is -0.0666. The highest BCUT2D eigenvalue weighted by Gasteiger charge is 2.12. The van der Waals surface area contributed by atoms with Gasteiger partial charge in [-0.1, -0.05) is 42.0 Å². The van der Waals surface area contributed by atoms with E-state index >= 15 is 0 Å². The van der Waals surface area contributed by atoms with E-state index in [4.69, 9.17) is 4.55 Å². The Balaban J connectivity index is 0.000000186. The van der Waals surface area contributed by atoms with Gasteiger partial charge in [0, 0.05) is 24.6 Å². The molecule has 0 bridgehead atoms. The molecular formula is C19H22FNO3S. The van der Waals surface area contributed by atoms with Crippen molar-refractivity contribution in [2.75, 3.05) is 13.1 Å². The standard InChI is InChI=1S/C12H14FN.C7H8O3S/c1-9-2-4-11(12(13)6-9)5-3-10-7-14-8-10;1-6-2-4-7(5-3-6)11(8,9)10/h2-6,10,14H,7-8H2,1H3;2-5H,1H3,(H,8,9,10)/b5-3+;. The lowest BCUT2D eigenvalue weighted by molar-refractivity contribution is 0.420. The van der Waals surface area contributed by atoms with Gasteiger partial charge in [0.1, 0.15) is 5.82 Å². The van der Waals surface area contributed by atoms with E-state index in [0.29, 0.717) is 11.5 Å². The molecule has 1 fully saturated rings. The van der Waals surface area contributed by atoms with Crippen LogP contribution in [0, 0.1) is 25.6 Å². The van der Waals surface area contributed by atoms with Crippen LogP contribution in [-0.2, 0) is 10.1 Å². The van der Waals surface area contributed by atoms with E-state index in [1.54, 1.807) is 18.2 Å². The van der Waals surface area contributed by atoms with E-state index in [0.717, 1.165) is 24.2 Å². The fourth-order valence-electron chi connectivity index (χ4n) is 2.16. The maximum absolute atomic E-state index is 13.4. The zero-order valence-corrected chi connectivity index (χ0v) is 15.1. The van der Waals surface area contributed by atoms with E-state index in [9.17, 15) is 12.8 Å². The number of benzene rings is 2. The van der Waals surface area contributed by atoms with Crippen LogP contribution in [0.1, 0.15) is 16.7 Å². The van der Waals surface area contributed by atoms with Crippen molar-refractivity contribution in [2.45, 2.75) is 18.7 Å². The molecule has 1 saturated heterocycles. The van der Waals surface area contributed by atoms with E-state index in [1.807, 2.05) is 32.1 Å². The molecule has 1 aliphatic rings. The van der Waals surface area contributed by atoms with Gasteiger partial charge in [0.05, 0.1) is 4.90 Å². The molecule has 0 amide bonds. The van der Waals surface area contributed by atoms with Crippen molar-refractivity contribution in [1.29, 1.82) is 0 Å². The first-order chi connectivity index (χ1) is 11.8. The predicted molar refractivity (Wildman–Crippen MR) is 97.5 cm³/mol. The Kier molecular flexibility index (Phi) is 6.47. The molecule has 0 unspecified atom stereocenters. The lowest BCUT2D eigenvalue weighted by Gasteiger charge is -2.23. The zero-order chi connectivity index (χ0) is 18.4. The minimum atomic E-state index is -4.02. The SMILES string of the molecule is Cc1ccc(/C=C/C2CNC2)c(F)c1.Cc1ccc(S(=O)(=O)O)cc1. The van der Waals surface area contributed by atoms with Gasteiger partial charge in [0.25, 0.3) is 10.1 Å². The van der Waals surface area contributed by atoms with Crippen LogP contribution in [0.25, 0.3) is 6.08 Å². The summed E-state index contributed by atoms with van der Waals surface area (Å²) in [6, 6.07) is 11.3. The molecule has 0 atom stereocenters. The second-order valence-electron chi connectivity index (χ2n) is 6.09. The van der Waals surface area contributed by atoms with Crippen molar-refractivity contribution >= 4 is 16.2 Å². The van der Waals surface area contributed by atoms with Crippen LogP contribution in [0.3, 0.4) is 0 Å². The third kappa shape index (κ3) is 6.08. The number of nitrogens with one attached hydrogen (secondary N) is 1. The normalized spacial score (nSPS) is 14.7. The molecule has 1 heterocycles. The topological polar surface area (TPSA) is 66.4 Å². The Labute approximate surface area is 148 Å². The first kappa shape index (κ1) is 19.3. The first-order valence-electron chi connectivity index (χ1n) is 7.95. The molecular weight excluding hydrogens is 341 g/mol. The number of aryl methyl sites for hydroxylation is 2. The lowest BCUT2D eigenvalue weighted by Crippen LogP contribution is -2.40. The van der Waals surface area contributed by atoms with Gasteiger partial charge in [0.2, 0.25) is 0 Å². The number of hydrogen-bond donors (Lipinski definition) is 2. The molecule has 6 heteroatoms. The summed E-state index contributed by atoms with van der Waals surface area (Å²) in [7, 11) is -4.02. The molecule has 4 nitrogen and oxygen atoms in total. The van der Waals surface area contributed by atoms with Crippen LogP contribution < -0.4 is 5.32 Å². The molecule has 1 aliphatic heterocycles. The summed E-state index contributed by atoms with van der Waals surface area (Å²) in [6.07, 6.45) is 3.95. The molecule has 0 saturated carbocycles. The Morgan fingerprint density at radius 3 is 2.16 bits per heavy atom. The van der Waals surface area contributed by atoms with Gasteiger partial charge in [-0.3, -0.25) is 4.55 Å². The second-order valence-corrected chi connectivity index (χ2v) is 7.51. The van der Waals surface area contributed by atoms with E-state index in [-0.39, 0.29) is 10.7 Å². The van der Waals surface area contributed by atoms with Gasteiger partial charge in [-0.15, -0.1) is 0 Å². The minimum absolute atomic E-state index is 0.0666. The fraction of sp³-hybridized carbons (Fsp3) is 0.263. The van der Waals surface area contributed by atoms with Crippen molar-refractivity contribution in [2.24, 2.45) is 5.92 Å². The van der Waals surface area contributed by atoms with Crippen molar-refractivity contribution in [3.8, 4) is 0 Å². The number of halogens is 1. The highest BCUT2D eigenvalue weighted by atomic mass is 32.2. The largest absolute Gasteiger partial charge is 0.315 e. The maximum atomic E-state index is 13.4. The summed E-state index contributed by atoms with van der Waals surface area (Å²) >= 11 is 0. The van der Waals surface area contributed by atoms with E-state index < -0.39 is 10.1 Å². The smallest absolute Gasteiger partial charge is 0.294 e. The summed E-state index contributed by atoms with van der Waals surface area (Å²) < 4.78 is 42.9. The molecule has 134 valence electrons. The molecule has 2 N–H and O–H groups in total. The molecule has 0 aromatic heterocycles. The third-order valence-electron chi connectivity index (χ3n) is 3.84. The zero-order valence-electron chi connectivity index (χ0n) is 14.2. The highest BCUT2D eigenvalue weighted by Crippen LogP contribution is 2.14. The van der Waals surface area contributed by atoms with Gasteiger partial charge < -0.3 is 5.32 Å². The van der Waals surface area contributed by atoms with Crippen LogP contribution >= 0.6 is 0 Å². The van der Waals surface area contributed by atoms with Gasteiger partial charge in [-0.25, -0.2) is 4.39 Å². The Hall–Kier alpha value is -2.02. The van der Waals surface area contributed by atoms with Gasteiger partial charge in [0.15, 0.2) is 0 Å². The van der Waals surface area contributed by atoms with Gasteiger partial charge >= 0.3 is 0 Å². The third-order valence-corrected chi connectivity index (χ3v) is 4.70. The molecule has 3 rings (SSSR count). The number of rotatable bonds is 3. The quantitative estimate of drug-likeness (QED) is 0.818.